The molecule has 0 spiro atoms. The van der Waals surface area contributed by atoms with Crippen molar-refractivity contribution in [2.45, 2.75) is 27.7 Å². The fourth-order valence-electron chi connectivity index (χ4n) is 6.24. The Balaban J connectivity index is 1.31. The summed E-state index contributed by atoms with van der Waals surface area (Å²) in [5.41, 5.74) is 13.2. The molecular formula is C41H31N5O. The minimum Gasteiger partial charge on any atom is -0.456 e. The van der Waals surface area contributed by atoms with Crippen molar-refractivity contribution in [3.8, 4) is 56.4 Å². The van der Waals surface area contributed by atoms with Crippen LogP contribution in [0.1, 0.15) is 22.8 Å². The molecule has 4 aromatic heterocycles. The predicted octanol–water partition coefficient (Wildman–Crippen LogP) is 10.1. The van der Waals surface area contributed by atoms with E-state index in [2.05, 4.69) is 60.7 Å². The fraction of sp³-hybridized carbons (Fsp3) is 0.0976. The molecule has 0 bridgehead atoms. The molecule has 0 radical (unpaired) electrons. The molecule has 0 saturated heterocycles. The second kappa shape index (κ2) is 11.4. The maximum absolute atomic E-state index is 6.14. The van der Waals surface area contributed by atoms with Crippen LogP contribution in [-0.2, 0) is 0 Å². The van der Waals surface area contributed by atoms with Crippen LogP contribution in [0.2, 0.25) is 0 Å². The highest BCUT2D eigenvalue weighted by Gasteiger charge is 2.14. The van der Waals surface area contributed by atoms with E-state index in [0.29, 0.717) is 11.6 Å². The summed E-state index contributed by atoms with van der Waals surface area (Å²) < 4.78 is 6.14. The summed E-state index contributed by atoms with van der Waals surface area (Å²) in [7, 11) is 0. The zero-order valence-electron chi connectivity index (χ0n) is 26.6. The van der Waals surface area contributed by atoms with Crippen molar-refractivity contribution >= 4 is 21.9 Å². The van der Waals surface area contributed by atoms with E-state index in [0.717, 1.165) is 89.5 Å². The van der Waals surface area contributed by atoms with Gasteiger partial charge in [-0.1, -0.05) is 60.7 Å². The van der Waals surface area contributed by atoms with Gasteiger partial charge in [0.2, 0.25) is 0 Å². The van der Waals surface area contributed by atoms with E-state index in [9.17, 15) is 0 Å². The first kappa shape index (κ1) is 28.5. The van der Waals surface area contributed by atoms with Gasteiger partial charge in [0.25, 0.3) is 0 Å². The molecule has 0 saturated carbocycles. The number of hydrogen-bond acceptors (Lipinski definition) is 6. The van der Waals surface area contributed by atoms with Gasteiger partial charge < -0.3 is 4.42 Å². The summed E-state index contributed by atoms with van der Waals surface area (Å²) in [5.74, 6) is 1.42. The topological polar surface area (TPSA) is 77.6 Å². The molecule has 6 nitrogen and oxygen atoms in total. The third kappa shape index (κ3) is 5.55. The number of rotatable bonds is 5. The molecular weight excluding hydrogens is 578 g/mol. The minimum atomic E-state index is 0.708. The molecule has 0 aliphatic rings. The van der Waals surface area contributed by atoms with Crippen LogP contribution in [0.4, 0.5) is 0 Å². The molecule has 4 heterocycles. The second-order valence-corrected chi connectivity index (χ2v) is 12.0. The lowest BCUT2D eigenvalue weighted by Crippen LogP contribution is -1.96. The minimum absolute atomic E-state index is 0.708. The molecule has 4 aromatic carbocycles. The number of pyridine rings is 1. The van der Waals surface area contributed by atoms with Gasteiger partial charge in [0, 0.05) is 55.8 Å². The Labute approximate surface area is 272 Å². The first-order valence-corrected chi connectivity index (χ1v) is 15.7. The smallest absolute Gasteiger partial charge is 0.159 e. The monoisotopic (exact) mass is 609 g/mol. The van der Waals surface area contributed by atoms with Crippen molar-refractivity contribution in [2.75, 3.05) is 0 Å². The van der Waals surface area contributed by atoms with Crippen LogP contribution in [0, 0.1) is 27.7 Å². The number of fused-ring (bicyclic) bond motifs is 3. The number of para-hydroxylation sites is 1. The molecule has 0 aliphatic heterocycles. The summed E-state index contributed by atoms with van der Waals surface area (Å²) in [5, 5.41) is 2.18. The largest absolute Gasteiger partial charge is 0.456 e. The highest BCUT2D eigenvalue weighted by atomic mass is 16.3. The average Bonchev–Trinajstić information content (AvgIpc) is 3.45. The number of hydrogen-bond donors (Lipinski definition) is 0. The lowest BCUT2D eigenvalue weighted by molar-refractivity contribution is 0.669. The molecule has 47 heavy (non-hydrogen) atoms. The number of aromatic nitrogens is 5. The van der Waals surface area contributed by atoms with Crippen LogP contribution in [0.5, 0.6) is 0 Å². The number of aryl methyl sites for hydroxylation is 4. The molecule has 0 N–H and O–H groups in total. The highest BCUT2D eigenvalue weighted by Crippen LogP contribution is 2.36. The third-order valence-corrected chi connectivity index (χ3v) is 8.33. The van der Waals surface area contributed by atoms with E-state index in [4.69, 9.17) is 29.3 Å². The quantitative estimate of drug-likeness (QED) is 0.193. The molecule has 0 atom stereocenters. The maximum Gasteiger partial charge on any atom is 0.159 e. The van der Waals surface area contributed by atoms with Crippen molar-refractivity contribution < 1.29 is 4.42 Å². The normalized spacial score (nSPS) is 11.4. The van der Waals surface area contributed by atoms with E-state index in [1.165, 1.54) is 0 Å². The number of benzene rings is 4. The van der Waals surface area contributed by atoms with Gasteiger partial charge in [-0.05, 0) is 93.4 Å². The third-order valence-electron chi connectivity index (χ3n) is 8.33. The van der Waals surface area contributed by atoms with Crippen molar-refractivity contribution in [2.24, 2.45) is 0 Å². The molecule has 8 aromatic rings. The highest BCUT2D eigenvalue weighted by molar-refractivity contribution is 6.06. The van der Waals surface area contributed by atoms with Crippen molar-refractivity contribution in [3.05, 3.63) is 138 Å². The SMILES string of the molecule is Cc1cc(C)nc(-c2cccc(-c3cc(-c4ccc5oc6ccccc6c5c4)cc(-c4cccc(-c5nc(C)cc(C)n5)c4)n3)c2)n1. The Kier molecular flexibility index (Phi) is 6.91. The molecule has 0 unspecified atom stereocenters. The summed E-state index contributed by atoms with van der Waals surface area (Å²) >= 11 is 0. The molecule has 0 aliphatic carbocycles. The molecule has 6 heteroatoms. The fourth-order valence-corrected chi connectivity index (χ4v) is 6.24. The average molecular weight is 610 g/mol. The lowest BCUT2D eigenvalue weighted by atomic mass is 9.97. The summed E-state index contributed by atoms with van der Waals surface area (Å²) in [6, 6.07) is 39.5. The Morgan fingerprint density at radius 1 is 0.362 bits per heavy atom. The first-order valence-electron chi connectivity index (χ1n) is 15.7. The number of nitrogens with zero attached hydrogens (tertiary/aromatic N) is 5. The molecule has 0 fully saturated rings. The van der Waals surface area contributed by atoms with Gasteiger partial charge in [-0.25, -0.2) is 24.9 Å². The van der Waals surface area contributed by atoms with Crippen LogP contribution in [0.15, 0.2) is 120 Å². The van der Waals surface area contributed by atoms with Gasteiger partial charge in [0.15, 0.2) is 11.6 Å². The Bertz CT molecular complexity index is 2320. The van der Waals surface area contributed by atoms with Crippen LogP contribution in [-0.4, -0.2) is 24.9 Å². The van der Waals surface area contributed by atoms with E-state index in [1.54, 1.807) is 0 Å². The molecule has 8 rings (SSSR count). The second-order valence-electron chi connectivity index (χ2n) is 12.0. The lowest BCUT2D eigenvalue weighted by Gasteiger charge is -2.12. The predicted molar refractivity (Wildman–Crippen MR) is 189 cm³/mol. The van der Waals surface area contributed by atoms with Crippen molar-refractivity contribution in [3.63, 3.8) is 0 Å². The summed E-state index contributed by atoms with van der Waals surface area (Å²) in [6.07, 6.45) is 0. The zero-order valence-corrected chi connectivity index (χ0v) is 26.6. The van der Waals surface area contributed by atoms with E-state index < -0.39 is 0 Å². The van der Waals surface area contributed by atoms with Crippen LogP contribution >= 0.6 is 0 Å². The van der Waals surface area contributed by atoms with Gasteiger partial charge in [0.05, 0.1) is 11.4 Å². The number of furan rings is 1. The zero-order chi connectivity index (χ0) is 32.1. The summed E-state index contributed by atoms with van der Waals surface area (Å²) in [4.78, 5) is 24.1. The van der Waals surface area contributed by atoms with Crippen molar-refractivity contribution in [1.82, 2.24) is 24.9 Å². The Morgan fingerprint density at radius 3 is 1.45 bits per heavy atom. The van der Waals surface area contributed by atoms with Crippen molar-refractivity contribution in [1.29, 1.82) is 0 Å². The Morgan fingerprint density at radius 2 is 0.872 bits per heavy atom. The van der Waals surface area contributed by atoms with E-state index >= 15 is 0 Å². The molecule has 0 amide bonds. The van der Waals surface area contributed by atoms with E-state index in [1.807, 2.05) is 82.3 Å². The van der Waals surface area contributed by atoms with Gasteiger partial charge in [-0.2, -0.15) is 0 Å². The first-order chi connectivity index (χ1) is 22.9. The van der Waals surface area contributed by atoms with E-state index in [-0.39, 0.29) is 0 Å². The van der Waals surface area contributed by atoms with Gasteiger partial charge in [-0.3, -0.25) is 0 Å². The maximum atomic E-state index is 6.14. The van der Waals surface area contributed by atoms with Gasteiger partial charge in [0.1, 0.15) is 11.2 Å². The van der Waals surface area contributed by atoms with Gasteiger partial charge in [-0.15, -0.1) is 0 Å². The van der Waals surface area contributed by atoms with Crippen LogP contribution < -0.4 is 0 Å². The summed E-state index contributed by atoms with van der Waals surface area (Å²) in [6.45, 7) is 7.99. The standard InChI is InChI=1S/C41H31N5O/c1-24-17-25(2)43-40(42-24)31-11-7-9-29(19-31)36-22-33(28-15-16-39-35(21-28)34-13-5-6-14-38(34)47-39)23-37(46-36)30-10-8-12-32(20-30)41-44-26(3)18-27(4)45-41/h5-23H,1-4H3. The Hall–Kier alpha value is -6.01. The van der Waals surface area contributed by atoms with Crippen LogP contribution in [0.3, 0.4) is 0 Å². The van der Waals surface area contributed by atoms with Crippen LogP contribution in [0.25, 0.3) is 78.4 Å². The van der Waals surface area contributed by atoms with Gasteiger partial charge >= 0.3 is 0 Å². The molecule has 226 valence electrons.